The fourth-order valence-electron chi connectivity index (χ4n) is 3.18. The quantitative estimate of drug-likeness (QED) is 0.683. The maximum absolute atomic E-state index is 13.1. The Morgan fingerprint density at radius 2 is 2.13 bits per heavy atom. The second-order valence-corrected chi connectivity index (χ2v) is 6.66. The number of hydrogen-bond donors (Lipinski definition) is 0. The lowest BCUT2D eigenvalue weighted by atomic mass is 10.0. The smallest absolute Gasteiger partial charge is 0.162 e. The first-order chi connectivity index (χ1) is 11.3. The third kappa shape index (κ3) is 3.07. The molecule has 0 N–H and O–H groups in total. The summed E-state index contributed by atoms with van der Waals surface area (Å²) in [4.78, 5) is 7.11. The van der Waals surface area contributed by atoms with E-state index in [1.54, 1.807) is 29.7 Å². The van der Waals surface area contributed by atoms with Crippen molar-refractivity contribution in [2.75, 3.05) is 6.54 Å². The minimum absolute atomic E-state index is 0.180. The topological polar surface area (TPSA) is 29.3 Å². The molecule has 3 aromatic rings. The first kappa shape index (κ1) is 14.6. The van der Waals surface area contributed by atoms with Crippen LogP contribution in [0.2, 0.25) is 0 Å². The van der Waals surface area contributed by atoms with E-state index < -0.39 is 0 Å². The number of likely N-dealkylation sites (tertiary alicyclic amines) is 1. The minimum Gasteiger partial charge on any atom is -0.462 e. The van der Waals surface area contributed by atoms with Crippen molar-refractivity contribution in [3.63, 3.8) is 0 Å². The van der Waals surface area contributed by atoms with E-state index in [1.807, 2.05) is 24.3 Å². The molecule has 2 aromatic heterocycles. The molecule has 1 aromatic carbocycles. The molecule has 1 fully saturated rings. The highest BCUT2D eigenvalue weighted by molar-refractivity contribution is 7.13. The number of hydrogen-bond acceptors (Lipinski definition) is 4. The summed E-state index contributed by atoms with van der Waals surface area (Å²) in [5.74, 6) is 0.638. The fraction of sp³-hybridized carbons (Fsp3) is 0.278. The third-order valence-electron chi connectivity index (χ3n) is 4.27. The van der Waals surface area contributed by atoms with E-state index in [1.165, 1.54) is 5.56 Å². The van der Waals surface area contributed by atoms with Crippen molar-refractivity contribution >= 4 is 11.3 Å². The molecule has 1 unspecified atom stereocenters. The van der Waals surface area contributed by atoms with Gasteiger partial charge in [-0.05, 0) is 49.2 Å². The molecule has 0 amide bonds. The van der Waals surface area contributed by atoms with Crippen LogP contribution < -0.4 is 0 Å². The van der Waals surface area contributed by atoms with E-state index in [9.17, 15) is 4.39 Å². The maximum atomic E-state index is 13.1. The number of rotatable bonds is 4. The lowest BCUT2D eigenvalue weighted by molar-refractivity contribution is 0.246. The molecule has 0 aliphatic carbocycles. The second kappa shape index (κ2) is 6.26. The molecule has 4 rings (SSSR count). The fourth-order valence-corrected chi connectivity index (χ4v) is 3.96. The number of halogens is 1. The number of thiazole rings is 1. The molecule has 1 aliphatic rings. The average molecular weight is 328 g/mol. The van der Waals surface area contributed by atoms with Crippen LogP contribution in [0, 0.1) is 5.82 Å². The summed E-state index contributed by atoms with van der Waals surface area (Å²) in [7, 11) is 0. The monoisotopic (exact) mass is 328 g/mol. The van der Waals surface area contributed by atoms with Gasteiger partial charge in [-0.25, -0.2) is 9.37 Å². The number of furan rings is 1. The van der Waals surface area contributed by atoms with Crippen LogP contribution in [0.5, 0.6) is 0 Å². The molecule has 1 saturated heterocycles. The van der Waals surface area contributed by atoms with Crippen LogP contribution in [-0.4, -0.2) is 16.4 Å². The average Bonchev–Trinajstić information content (AvgIpc) is 3.29. The maximum Gasteiger partial charge on any atom is 0.162 e. The van der Waals surface area contributed by atoms with Crippen molar-refractivity contribution in [1.29, 1.82) is 0 Å². The first-order valence-electron chi connectivity index (χ1n) is 7.77. The Morgan fingerprint density at radius 3 is 2.91 bits per heavy atom. The van der Waals surface area contributed by atoms with Gasteiger partial charge in [0.15, 0.2) is 10.8 Å². The van der Waals surface area contributed by atoms with Gasteiger partial charge < -0.3 is 4.42 Å². The van der Waals surface area contributed by atoms with E-state index in [0.717, 1.165) is 42.4 Å². The second-order valence-electron chi connectivity index (χ2n) is 5.80. The largest absolute Gasteiger partial charge is 0.462 e. The highest BCUT2D eigenvalue weighted by atomic mass is 32.1. The van der Waals surface area contributed by atoms with E-state index in [-0.39, 0.29) is 5.82 Å². The normalized spacial score (nSPS) is 18.6. The van der Waals surface area contributed by atoms with E-state index in [0.29, 0.717) is 6.04 Å². The summed E-state index contributed by atoms with van der Waals surface area (Å²) >= 11 is 1.61. The predicted octanol–water partition coefficient (Wildman–Crippen LogP) is 4.88. The Morgan fingerprint density at radius 1 is 1.26 bits per heavy atom. The highest BCUT2D eigenvalue weighted by Crippen LogP contribution is 2.34. The summed E-state index contributed by atoms with van der Waals surface area (Å²) in [5.41, 5.74) is 2.25. The van der Waals surface area contributed by atoms with Gasteiger partial charge >= 0.3 is 0 Å². The Hall–Kier alpha value is -1.98. The van der Waals surface area contributed by atoms with E-state index in [4.69, 9.17) is 4.42 Å². The van der Waals surface area contributed by atoms with Crippen LogP contribution >= 0.6 is 11.3 Å². The first-order valence-corrected chi connectivity index (χ1v) is 8.65. The van der Waals surface area contributed by atoms with Crippen LogP contribution in [0.4, 0.5) is 4.39 Å². The Balaban J connectivity index is 1.50. The van der Waals surface area contributed by atoms with Crippen LogP contribution in [0.1, 0.15) is 30.1 Å². The summed E-state index contributed by atoms with van der Waals surface area (Å²) in [6.07, 6.45) is 3.94. The summed E-state index contributed by atoms with van der Waals surface area (Å²) in [6, 6.07) is 11.0. The zero-order valence-electron chi connectivity index (χ0n) is 12.6. The van der Waals surface area contributed by atoms with Crippen molar-refractivity contribution < 1.29 is 8.81 Å². The van der Waals surface area contributed by atoms with Gasteiger partial charge in [0.2, 0.25) is 0 Å². The molecule has 0 radical (unpaired) electrons. The molecule has 3 heterocycles. The predicted molar refractivity (Wildman–Crippen MR) is 88.6 cm³/mol. The molecule has 1 atom stereocenters. The van der Waals surface area contributed by atoms with Crippen molar-refractivity contribution in [3.05, 3.63) is 65.1 Å². The Bertz CT molecular complexity index is 767. The molecule has 3 nitrogen and oxygen atoms in total. The molecule has 0 bridgehead atoms. The molecule has 1 aliphatic heterocycles. The number of aromatic nitrogens is 1. The van der Waals surface area contributed by atoms with Gasteiger partial charge in [-0.3, -0.25) is 4.90 Å². The number of nitrogens with zero attached hydrogens (tertiary/aromatic N) is 2. The van der Waals surface area contributed by atoms with Crippen molar-refractivity contribution in [1.82, 2.24) is 9.88 Å². The molecule has 23 heavy (non-hydrogen) atoms. The van der Waals surface area contributed by atoms with Crippen molar-refractivity contribution in [3.8, 4) is 10.8 Å². The lowest BCUT2D eigenvalue weighted by Crippen LogP contribution is -2.22. The van der Waals surface area contributed by atoms with E-state index >= 15 is 0 Å². The van der Waals surface area contributed by atoms with Crippen molar-refractivity contribution in [2.45, 2.75) is 25.4 Å². The summed E-state index contributed by atoms with van der Waals surface area (Å²) in [5, 5.41) is 3.01. The van der Waals surface area contributed by atoms with Gasteiger partial charge in [0.25, 0.3) is 0 Å². The summed E-state index contributed by atoms with van der Waals surface area (Å²) in [6.45, 7) is 1.87. The van der Waals surface area contributed by atoms with Gasteiger partial charge in [-0.1, -0.05) is 12.1 Å². The zero-order chi connectivity index (χ0) is 15.6. The van der Waals surface area contributed by atoms with Crippen molar-refractivity contribution in [2.24, 2.45) is 0 Å². The molecular weight excluding hydrogens is 311 g/mol. The standard InChI is InChI=1S/C18H17FN2OS/c19-14-7-5-13(6-8-14)16-3-1-9-21(16)11-15-12-23-18(20-15)17-4-2-10-22-17/h2,4-8,10,12,16H,1,3,9,11H2. The molecular formula is C18H17FN2OS. The molecule has 0 saturated carbocycles. The van der Waals surface area contributed by atoms with Gasteiger partial charge in [0.05, 0.1) is 12.0 Å². The van der Waals surface area contributed by atoms with Gasteiger partial charge in [-0.15, -0.1) is 11.3 Å². The SMILES string of the molecule is Fc1ccc(C2CCCN2Cc2csc(-c3ccco3)n2)cc1. The molecule has 5 heteroatoms. The molecule has 118 valence electrons. The number of benzene rings is 1. The Labute approximate surface area is 138 Å². The Kier molecular flexibility index (Phi) is 3.97. The highest BCUT2D eigenvalue weighted by Gasteiger charge is 2.26. The lowest BCUT2D eigenvalue weighted by Gasteiger charge is -2.24. The van der Waals surface area contributed by atoms with Crippen LogP contribution in [-0.2, 0) is 6.54 Å². The van der Waals surface area contributed by atoms with Gasteiger partial charge in [-0.2, -0.15) is 0 Å². The van der Waals surface area contributed by atoms with Gasteiger partial charge in [0, 0.05) is 18.0 Å². The van der Waals surface area contributed by atoms with E-state index in [2.05, 4.69) is 15.3 Å². The minimum atomic E-state index is -0.180. The summed E-state index contributed by atoms with van der Waals surface area (Å²) < 4.78 is 18.5. The van der Waals surface area contributed by atoms with Crippen LogP contribution in [0.3, 0.4) is 0 Å². The van der Waals surface area contributed by atoms with Crippen LogP contribution in [0.15, 0.2) is 52.5 Å². The van der Waals surface area contributed by atoms with Crippen LogP contribution in [0.25, 0.3) is 10.8 Å². The zero-order valence-corrected chi connectivity index (χ0v) is 13.4. The van der Waals surface area contributed by atoms with Gasteiger partial charge in [0.1, 0.15) is 5.82 Å². The third-order valence-corrected chi connectivity index (χ3v) is 5.17. The molecule has 0 spiro atoms.